The Balaban J connectivity index is 1.57. The molecule has 138 valence electrons. The predicted octanol–water partition coefficient (Wildman–Crippen LogP) is 7.08. The van der Waals surface area contributed by atoms with Gasteiger partial charge >= 0.3 is 0 Å². The minimum atomic E-state index is 0.516. The summed E-state index contributed by atoms with van der Waals surface area (Å²) in [5, 5.41) is 0. The van der Waals surface area contributed by atoms with E-state index >= 15 is 0 Å². The first-order chi connectivity index (χ1) is 11.8. The summed E-state index contributed by atoms with van der Waals surface area (Å²) in [6, 6.07) is 0. The van der Waals surface area contributed by atoms with Gasteiger partial charge in [0.2, 0.25) is 0 Å². The lowest BCUT2D eigenvalue weighted by Gasteiger charge is -2.37. The topological polar surface area (TPSA) is 9.23 Å². The van der Waals surface area contributed by atoms with Crippen LogP contribution in [0.2, 0.25) is 0 Å². The van der Waals surface area contributed by atoms with Gasteiger partial charge in [-0.15, -0.1) is 0 Å². The first-order valence-corrected chi connectivity index (χ1v) is 10.8. The average molecular weight is 333 g/mol. The maximum Gasteiger partial charge on any atom is 0.0654 e. The molecular weight excluding hydrogens is 292 g/mol. The second kappa shape index (κ2) is 11.9. The maximum absolute atomic E-state index is 6.05. The molecule has 0 unspecified atom stereocenters. The Morgan fingerprint density at radius 1 is 0.750 bits per heavy atom. The van der Waals surface area contributed by atoms with E-state index in [1.54, 1.807) is 0 Å². The number of unbranched alkanes of at least 4 members (excludes halogenated alkanes) is 1. The van der Waals surface area contributed by atoms with Crippen molar-refractivity contribution in [1.82, 2.24) is 0 Å². The largest absolute Gasteiger partial charge is 0.374 e. The molecule has 0 aromatic heterocycles. The molecule has 0 N–H and O–H groups in total. The van der Waals surface area contributed by atoms with Crippen molar-refractivity contribution in [3.8, 4) is 0 Å². The van der Waals surface area contributed by atoms with Gasteiger partial charge < -0.3 is 4.74 Å². The predicted molar refractivity (Wildman–Crippen MR) is 105 cm³/mol. The monoisotopic (exact) mass is 332 g/mol. The van der Waals surface area contributed by atoms with E-state index in [9.17, 15) is 0 Å². The minimum absolute atomic E-state index is 0.516. The molecule has 2 aliphatic rings. The third-order valence-corrected chi connectivity index (χ3v) is 6.24. The lowest BCUT2D eigenvalue weighted by atomic mass is 9.70. The molecule has 0 radical (unpaired) electrons. The van der Waals surface area contributed by atoms with Crippen molar-refractivity contribution in [2.45, 2.75) is 97.0 Å². The number of allylic oxidation sites excluding steroid dienone is 3. The van der Waals surface area contributed by atoms with Gasteiger partial charge in [0.05, 0.1) is 12.7 Å². The van der Waals surface area contributed by atoms with E-state index in [0.717, 1.165) is 24.4 Å². The smallest absolute Gasteiger partial charge is 0.0654 e. The van der Waals surface area contributed by atoms with Crippen LogP contribution < -0.4 is 0 Å². The van der Waals surface area contributed by atoms with Crippen LogP contribution in [0.4, 0.5) is 0 Å². The van der Waals surface area contributed by atoms with Gasteiger partial charge in [-0.1, -0.05) is 70.3 Å². The Hall–Kier alpha value is -0.560. The van der Waals surface area contributed by atoms with Crippen LogP contribution in [-0.2, 0) is 4.74 Å². The van der Waals surface area contributed by atoms with Crippen LogP contribution in [0.25, 0.3) is 0 Å². The molecule has 0 amide bonds. The molecule has 0 bridgehead atoms. The van der Waals surface area contributed by atoms with Gasteiger partial charge in [0.15, 0.2) is 0 Å². The third-order valence-electron chi connectivity index (χ3n) is 6.24. The van der Waals surface area contributed by atoms with Gasteiger partial charge in [0.1, 0.15) is 0 Å². The number of ether oxygens (including phenoxy) is 1. The molecule has 0 aromatic carbocycles. The van der Waals surface area contributed by atoms with Crippen molar-refractivity contribution >= 4 is 0 Å². The maximum atomic E-state index is 6.05. The van der Waals surface area contributed by atoms with Gasteiger partial charge in [0, 0.05) is 0 Å². The molecule has 2 fully saturated rings. The molecular formula is C23H40O. The Bertz CT molecular complexity index is 354. The molecule has 2 aliphatic carbocycles. The SMILES string of the molecule is CCC/C=C/C=C/CO[C@H]1CC[C@H](C2CCC(CCC)CC2)CC1. The Labute approximate surface area is 150 Å². The van der Waals surface area contributed by atoms with E-state index in [1.165, 1.54) is 77.0 Å². The lowest BCUT2D eigenvalue weighted by molar-refractivity contribution is 0.0210. The summed E-state index contributed by atoms with van der Waals surface area (Å²) in [4.78, 5) is 0. The van der Waals surface area contributed by atoms with Gasteiger partial charge in [0.25, 0.3) is 0 Å². The fraction of sp³-hybridized carbons (Fsp3) is 0.826. The van der Waals surface area contributed by atoms with E-state index in [0.29, 0.717) is 6.10 Å². The van der Waals surface area contributed by atoms with E-state index < -0.39 is 0 Å². The standard InChI is InChI=1S/C23H40O/c1-3-5-6-7-8-9-19-24-23-17-15-22(16-18-23)21-13-11-20(10-4-2)12-14-21/h6-9,20-23H,3-5,10-19H2,1-2H3/b7-6+,9-8+/t20?,21?,22-,23-. The Morgan fingerprint density at radius 2 is 1.38 bits per heavy atom. The van der Waals surface area contributed by atoms with Crippen molar-refractivity contribution in [3.63, 3.8) is 0 Å². The van der Waals surface area contributed by atoms with Crippen molar-refractivity contribution < 1.29 is 4.74 Å². The molecule has 2 rings (SSSR count). The summed E-state index contributed by atoms with van der Waals surface area (Å²) in [5.41, 5.74) is 0. The van der Waals surface area contributed by atoms with Crippen molar-refractivity contribution in [2.24, 2.45) is 17.8 Å². The second-order valence-electron chi connectivity index (χ2n) is 8.08. The lowest BCUT2D eigenvalue weighted by Crippen LogP contribution is -2.28. The fourth-order valence-electron chi connectivity index (χ4n) is 4.75. The van der Waals surface area contributed by atoms with Gasteiger partial charge in [-0.3, -0.25) is 0 Å². The van der Waals surface area contributed by atoms with E-state index in [-0.39, 0.29) is 0 Å². The van der Waals surface area contributed by atoms with Crippen LogP contribution >= 0.6 is 0 Å². The van der Waals surface area contributed by atoms with Gasteiger partial charge in [-0.2, -0.15) is 0 Å². The molecule has 0 atom stereocenters. The van der Waals surface area contributed by atoms with Gasteiger partial charge in [-0.25, -0.2) is 0 Å². The first kappa shape index (κ1) is 19.8. The van der Waals surface area contributed by atoms with Crippen LogP contribution in [0.3, 0.4) is 0 Å². The van der Waals surface area contributed by atoms with Crippen molar-refractivity contribution in [1.29, 1.82) is 0 Å². The average Bonchev–Trinajstić information content (AvgIpc) is 2.62. The van der Waals surface area contributed by atoms with Crippen molar-refractivity contribution in [2.75, 3.05) is 6.61 Å². The van der Waals surface area contributed by atoms with Crippen LogP contribution in [0, 0.1) is 17.8 Å². The highest BCUT2D eigenvalue weighted by molar-refractivity contribution is 5.02. The number of rotatable bonds is 9. The van der Waals surface area contributed by atoms with E-state index in [2.05, 4.69) is 38.2 Å². The molecule has 1 heteroatoms. The zero-order valence-electron chi connectivity index (χ0n) is 16.2. The highest BCUT2D eigenvalue weighted by Gasteiger charge is 2.30. The summed E-state index contributed by atoms with van der Waals surface area (Å²) >= 11 is 0. The fourth-order valence-corrected chi connectivity index (χ4v) is 4.75. The summed E-state index contributed by atoms with van der Waals surface area (Å²) in [7, 11) is 0. The third kappa shape index (κ3) is 7.13. The Kier molecular flexibility index (Phi) is 9.80. The van der Waals surface area contributed by atoms with Crippen LogP contribution in [0.15, 0.2) is 24.3 Å². The van der Waals surface area contributed by atoms with Gasteiger partial charge in [-0.05, 0) is 62.7 Å². The minimum Gasteiger partial charge on any atom is -0.374 e. The summed E-state index contributed by atoms with van der Waals surface area (Å²) < 4.78 is 6.05. The molecule has 1 nitrogen and oxygen atoms in total. The molecule has 24 heavy (non-hydrogen) atoms. The molecule has 0 saturated heterocycles. The zero-order valence-corrected chi connectivity index (χ0v) is 16.2. The highest BCUT2D eigenvalue weighted by atomic mass is 16.5. The van der Waals surface area contributed by atoms with E-state index in [4.69, 9.17) is 4.74 Å². The Morgan fingerprint density at radius 3 is 2.00 bits per heavy atom. The highest BCUT2D eigenvalue weighted by Crippen LogP contribution is 2.41. The molecule has 0 aromatic rings. The molecule has 2 saturated carbocycles. The number of hydrogen-bond acceptors (Lipinski definition) is 1. The summed E-state index contributed by atoms with van der Waals surface area (Å²) in [6.07, 6.45) is 25.9. The second-order valence-corrected chi connectivity index (χ2v) is 8.08. The zero-order chi connectivity index (χ0) is 17.0. The quantitative estimate of drug-likeness (QED) is 0.410. The normalized spacial score (nSPS) is 31.9. The molecule has 0 aliphatic heterocycles. The van der Waals surface area contributed by atoms with E-state index in [1.807, 2.05) is 0 Å². The van der Waals surface area contributed by atoms with Crippen LogP contribution in [0.5, 0.6) is 0 Å². The first-order valence-electron chi connectivity index (χ1n) is 10.8. The van der Waals surface area contributed by atoms with Crippen molar-refractivity contribution in [3.05, 3.63) is 24.3 Å². The summed E-state index contributed by atoms with van der Waals surface area (Å²) in [6.45, 7) is 5.34. The number of hydrogen-bond donors (Lipinski definition) is 0. The van der Waals surface area contributed by atoms with Crippen LogP contribution in [0.1, 0.15) is 90.9 Å². The summed E-state index contributed by atoms with van der Waals surface area (Å²) in [5.74, 6) is 3.08. The molecule has 0 spiro atoms. The molecule has 0 heterocycles. The van der Waals surface area contributed by atoms with Crippen LogP contribution in [-0.4, -0.2) is 12.7 Å².